The van der Waals surface area contributed by atoms with Crippen LogP contribution < -0.4 is 0 Å². The summed E-state index contributed by atoms with van der Waals surface area (Å²) in [6.45, 7) is 9.16. The van der Waals surface area contributed by atoms with E-state index in [-0.39, 0.29) is 0 Å². The number of hydrogen-bond donors (Lipinski definition) is 0. The standard InChI is InChI=1S/C20H30.C14H20/c1-15-3-7-17(8-4-15)19-11-13-20(14-12-19)18-9-5-16(2)6-10-18;1-11-3-7-13(8-4-11)14-9-5-12(2)6-10-14/h3-4,7-8,16,18-20H,5-6,9-14H2,1-2H3;3-4,7-8,12,14H,5-6,9-10H2,1-2H3. The molecule has 3 aliphatic carbocycles. The van der Waals surface area contributed by atoms with Gasteiger partial charge in [0.1, 0.15) is 0 Å². The SMILES string of the molecule is Cc1ccc(C2CCC(C)CC2)cc1.Cc1ccc(C2CCC(C3CCC(C)CC3)CC2)cc1. The summed E-state index contributed by atoms with van der Waals surface area (Å²) >= 11 is 0. The predicted octanol–water partition coefficient (Wildman–Crippen LogP) is 10.4. The Kier molecular flexibility index (Phi) is 9.32. The van der Waals surface area contributed by atoms with Gasteiger partial charge >= 0.3 is 0 Å². The summed E-state index contributed by atoms with van der Waals surface area (Å²) in [6, 6.07) is 18.4. The Morgan fingerprint density at radius 2 is 0.706 bits per heavy atom. The van der Waals surface area contributed by atoms with Crippen molar-refractivity contribution in [1.29, 1.82) is 0 Å². The molecule has 0 heterocycles. The average Bonchev–Trinajstić information content (AvgIpc) is 2.87. The van der Waals surface area contributed by atoms with Gasteiger partial charge in [-0.25, -0.2) is 0 Å². The minimum atomic E-state index is 0.840. The van der Waals surface area contributed by atoms with E-state index in [0.29, 0.717) is 0 Å². The van der Waals surface area contributed by atoms with E-state index >= 15 is 0 Å². The summed E-state index contributed by atoms with van der Waals surface area (Å²) in [5.74, 6) is 5.74. The molecule has 34 heavy (non-hydrogen) atoms. The summed E-state index contributed by atoms with van der Waals surface area (Å²) in [4.78, 5) is 0. The van der Waals surface area contributed by atoms with Crippen LogP contribution in [0.4, 0.5) is 0 Å². The van der Waals surface area contributed by atoms with Crippen LogP contribution in [0.2, 0.25) is 0 Å². The van der Waals surface area contributed by atoms with Crippen LogP contribution in [0.1, 0.15) is 125 Å². The molecule has 3 saturated carbocycles. The molecule has 0 atom stereocenters. The lowest BCUT2D eigenvalue weighted by atomic mass is 9.68. The van der Waals surface area contributed by atoms with Crippen LogP contribution in [0.5, 0.6) is 0 Å². The maximum atomic E-state index is 2.44. The van der Waals surface area contributed by atoms with Crippen LogP contribution >= 0.6 is 0 Å². The predicted molar refractivity (Wildman–Crippen MR) is 149 cm³/mol. The lowest BCUT2D eigenvalue weighted by Crippen LogP contribution is -2.24. The van der Waals surface area contributed by atoms with Gasteiger partial charge < -0.3 is 0 Å². The molecule has 0 spiro atoms. The molecule has 0 bridgehead atoms. The van der Waals surface area contributed by atoms with Gasteiger partial charge in [0.2, 0.25) is 0 Å². The average molecular weight is 459 g/mol. The maximum absolute atomic E-state index is 2.44. The van der Waals surface area contributed by atoms with Gasteiger partial charge in [-0.1, -0.05) is 99.2 Å². The van der Waals surface area contributed by atoms with Crippen molar-refractivity contribution in [3.8, 4) is 0 Å². The van der Waals surface area contributed by atoms with E-state index in [4.69, 9.17) is 0 Å². The van der Waals surface area contributed by atoms with Crippen molar-refractivity contribution in [1.82, 2.24) is 0 Å². The van der Waals surface area contributed by atoms with Gasteiger partial charge in [-0.3, -0.25) is 0 Å². The number of aryl methyl sites for hydroxylation is 2. The Hall–Kier alpha value is -1.56. The van der Waals surface area contributed by atoms with Crippen molar-refractivity contribution in [3.63, 3.8) is 0 Å². The largest absolute Gasteiger partial charge is 0.0625 e. The van der Waals surface area contributed by atoms with Gasteiger partial charge in [-0.05, 0) is 112 Å². The lowest BCUT2D eigenvalue weighted by molar-refractivity contribution is 0.165. The van der Waals surface area contributed by atoms with Crippen molar-refractivity contribution in [2.45, 2.75) is 117 Å². The first kappa shape index (κ1) is 25.5. The molecule has 0 aromatic heterocycles. The third-order valence-electron chi connectivity index (χ3n) is 9.61. The van der Waals surface area contributed by atoms with Gasteiger partial charge in [0.05, 0.1) is 0 Å². The molecule has 2 aromatic carbocycles. The zero-order valence-corrected chi connectivity index (χ0v) is 22.6. The van der Waals surface area contributed by atoms with Crippen molar-refractivity contribution in [2.75, 3.05) is 0 Å². The monoisotopic (exact) mass is 458 g/mol. The number of hydrogen-bond acceptors (Lipinski definition) is 0. The van der Waals surface area contributed by atoms with Gasteiger partial charge in [0, 0.05) is 0 Å². The van der Waals surface area contributed by atoms with Crippen molar-refractivity contribution < 1.29 is 0 Å². The minimum Gasteiger partial charge on any atom is -0.0625 e. The summed E-state index contributed by atoms with van der Waals surface area (Å²) in [6.07, 6.45) is 17.5. The van der Waals surface area contributed by atoms with E-state index in [1.807, 2.05) is 0 Å². The molecule has 0 nitrogen and oxygen atoms in total. The van der Waals surface area contributed by atoms with Crippen LogP contribution in [-0.2, 0) is 0 Å². The zero-order valence-electron chi connectivity index (χ0n) is 22.6. The summed E-state index contributed by atoms with van der Waals surface area (Å²) in [5.41, 5.74) is 5.91. The molecule has 0 aliphatic heterocycles. The molecule has 2 aromatic rings. The molecular weight excluding hydrogens is 408 g/mol. The lowest BCUT2D eigenvalue weighted by Gasteiger charge is -2.37. The van der Waals surface area contributed by atoms with Gasteiger partial charge in [0.25, 0.3) is 0 Å². The molecule has 3 aliphatic rings. The number of benzene rings is 2. The fourth-order valence-electron chi connectivity index (χ4n) is 6.95. The summed E-state index contributed by atoms with van der Waals surface area (Å²) in [5, 5.41) is 0. The second kappa shape index (κ2) is 12.4. The maximum Gasteiger partial charge on any atom is -0.0162 e. The Labute approximate surface area is 211 Å². The minimum absolute atomic E-state index is 0.840. The number of rotatable bonds is 3. The van der Waals surface area contributed by atoms with Crippen molar-refractivity contribution >= 4 is 0 Å². The van der Waals surface area contributed by atoms with E-state index in [2.05, 4.69) is 76.2 Å². The second-order valence-corrected chi connectivity index (χ2v) is 12.4. The normalized spacial score (nSPS) is 31.9. The quantitative estimate of drug-likeness (QED) is 0.429. The van der Waals surface area contributed by atoms with E-state index < -0.39 is 0 Å². The third-order valence-corrected chi connectivity index (χ3v) is 9.61. The summed E-state index contributed by atoms with van der Waals surface area (Å²) in [7, 11) is 0. The first-order valence-corrected chi connectivity index (χ1v) is 14.6. The highest BCUT2D eigenvalue weighted by Gasteiger charge is 2.30. The van der Waals surface area contributed by atoms with Gasteiger partial charge in [-0.15, -0.1) is 0 Å². The molecular formula is C34H50. The summed E-state index contributed by atoms with van der Waals surface area (Å²) < 4.78 is 0. The van der Waals surface area contributed by atoms with Crippen LogP contribution in [0.15, 0.2) is 48.5 Å². The highest BCUT2D eigenvalue weighted by Crippen LogP contribution is 2.43. The van der Waals surface area contributed by atoms with E-state index in [0.717, 1.165) is 35.5 Å². The van der Waals surface area contributed by atoms with Crippen LogP contribution in [0.3, 0.4) is 0 Å². The Morgan fingerprint density at radius 3 is 1.09 bits per heavy atom. The first-order valence-electron chi connectivity index (χ1n) is 14.6. The highest BCUT2D eigenvalue weighted by atomic mass is 14.4. The van der Waals surface area contributed by atoms with Crippen LogP contribution in [0, 0.1) is 37.5 Å². The van der Waals surface area contributed by atoms with Crippen LogP contribution in [0.25, 0.3) is 0 Å². The fourth-order valence-corrected chi connectivity index (χ4v) is 6.95. The molecule has 0 radical (unpaired) electrons. The third kappa shape index (κ3) is 7.22. The molecule has 0 unspecified atom stereocenters. The first-order chi connectivity index (χ1) is 16.5. The van der Waals surface area contributed by atoms with E-state index in [1.54, 1.807) is 11.1 Å². The molecule has 0 heteroatoms. The van der Waals surface area contributed by atoms with Crippen LogP contribution in [-0.4, -0.2) is 0 Å². The smallest absolute Gasteiger partial charge is 0.0162 e. The van der Waals surface area contributed by atoms with E-state index in [1.165, 1.54) is 88.2 Å². The molecule has 0 N–H and O–H groups in total. The Bertz CT molecular complexity index is 821. The van der Waals surface area contributed by atoms with Gasteiger partial charge in [-0.2, -0.15) is 0 Å². The molecule has 0 saturated heterocycles. The second-order valence-electron chi connectivity index (χ2n) is 12.4. The highest BCUT2D eigenvalue weighted by molar-refractivity contribution is 5.25. The Balaban J connectivity index is 0.000000172. The van der Waals surface area contributed by atoms with Crippen molar-refractivity contribution in [3.05, 3.63) is 70.8 Å². The molecule has 186 valence electrons. The fraction of sp³-hybridized carbons (Fsp3) is 0.647. The van der Waals surface area contributed by atoms with E-state index in [9.17, 15) is 0 Å². The topological polar surface area (TPSA) is 0 Å². The molecule has 0 amide bonds. The molecule has 3 fully saturated rings. The molecule has 5 rings (SSSR count). The zero-order chi connectivity index (χ0) is 23.9. The van der Waals surface area contributed by atoms with Gasteiger partial charge in [0.15, 0.2) is 0 Å². The van der Waals surface area contributed by atoms with Crippen molar-refractivity contribution in [2.24, 2.45) is 23.7 Å². The Morgan fingerprint density at radius 1 is 0.412 bits per heavy atom.